The first-order chi connectivity index (χ1) is 11.2. The summed E-state index contributed by atoms with van der Waals surface area (Å²) < 4.78 is 0. The molecule has 0 aliphatic heterocycles. The van der Waals surface area contributed by atoms with Crippen LogP contribution in [-0.4, -0.2) is 10.9 Å². The smallest absolute Gasteiger partial charge is 0.228 e. The molecule has 23 heavy (non-hydrogen) atoms. The first kappa shape index (κ1) is 16.1. The molecule has 3 nitrogen and oxygen atoms in total. The third-order valence-electron chi connectivity index (χ3n) is 3.36. The second kappa shape index (κ2) is 7.21. The minimum Gasteiger partial charge on any atom is -0.326 e. The zero-order valence-corrected chi connectivity index (χ0v) is 14.3. The normalized spacial score (nSPS) is 10.7. The van der Waals surface area contributed by atoms with Crippen LogP contribution in [0, 0.1) is 0 Å². The summed E-state index contributed by atoms with van der Waals surface area (Å²) in [4.78, 5) is 17.4. The van der Waals surface area contributed by atoms with Crippen molar-refractivity contribution in [2.75, 3.05) is 5.32 Å². The van der Waals surface area contributed by atoms with Crippen molar-refractivity contribution < 1.29 is 4.79 Å². The maximum atomic E-state index is 12.2. The lowest BCUT2D eigenvalue weighted by Gasteiger charge is -2.09. The van der Waals surface area contributed by atoms with Crippen LogP contribution in [0.4, 0.5) is 5.69 Å². The molecule has 1 N–H and O–H groups in total. The van der Waals surface area contributed by atoms with Crippen molar-refractivity contribution >= 4 is 55.8 Å². The number of fused-ring (bicyclic) bond motifs is 1. The second-order valence-electron chi connectivity index (χ2n) is 4.94. The Kier molecular flexibility index (Phi) is 5.06. The lowest BCUT2D eigenvalue weighted by atomic mass is 10.1. The fraction of sp³-hybridized carbons (Fsp3) is 0.0588. The molecule has 2 aromatic carbocycles. The number of nitrogens with zero attached hydrogens (tertiary/aromatic N) is 1. The van der Waals surface area contributed by atoms with Crippen LogP contribution in [0.1, 0.15) is 5.56 Å². The summed E-state index contributed by atoms with van der Waals surface area (Å²) in [5.74, 6) is -0.140. The maximum absolute atomic E-state index is 12.2. The molecular formula is C17H12Cl2N2OS. The van der Waals surface area contributed by atoms with Crippen LogP contribution >= 0.6 is 33.3 Å². The van der Waals surface area contributed by atoms with Crippen LogP contribution in [0.3, 0.4) is 0 Å². The third kappa shape index (κ3) is 3.78. The summed E-state index contributed by atoms with van der Waals surface area (Å²) in [7, 11) is 7.03. The quantitative estimate of drug-likeness (QED) is 0.683. The van der Waals surface area contributed by atoms with Crippen LogP contribution in [0.15, 0.2) is 59.6 Å². The van der Waals surface area contributed by atoms with Gasteiger partial charge in [0.2, 0.25) is 5.91 Å². The first-order valence-corrected chi connectivity index (χ1v) is 8.90. The highest BCUT2D eigenvalue weighted by molar-refractivity contribution is 8.21. The Bertz CT molecular complexity index is 870. The van der Waals surface area contributed by atoms with Crippen LogP contribution in [-0.2, 0) is 11.2 Å². The molecule has 0 saturated carbocycles. The van der Waals surface area contributed by atoms with Gasteiger partial charge in [-0.15, -0.1) is 0 Å². The number of pyridine rings is 1. The number of hydrogen-bond acceptors (Lipinski definition) is 3. The van der Waals surface area contributed by atoms with Gasteiger partial charge < -0.3 is 5.32 Å². The Hall–Kier alpha value is -1.75. The number of hydrogen-bond donors (Lipinski definition) is 1. The molecule has 0 aliphatic carbocycles. The van der Waals surface area contributed by atoms with Gasteiger partial charge in [-0.05, 0) is 51.5 Å². The molecule has 0 fully saturated rings. The van der Waals surface area contributed by atoms with Gasteiger partial charge in [-0.3, -0.25) is 9.78 Å². The number of rotatable bonds is 4. The minimum atomic E-state index is -0.140. The van der Waals surface area contributed by atoms with Crippen LogP contribution in [0.5, 0.6) is 0 Å². The van der Waals surface area contributed by atoms with Crippen molar-refractivity contribution in [2.45, 2.75) is 11.3 Å². The van der Waals surface area contributed by atoms with E-state index in [4.69, 9.17) is 22.3 Å². The van der Waals surface area contributed by atoms with E-state index in [0.29, 0.717) is 10.7 Å². The fourth-order valence-electron chi connectivity index (χ4n) is 2.30. The summed E-state index contributed by atoms with van der Waals surface area (Å²) in [5, 5.41) is 4.41. The lowest BCUT2D eigenvalue weighted by Crippen LogP contribution is -2.14. The molecule has 0 aliphatic rings. The van der Waals surface area contributed by atoms with E-state index in [2.05, 4.69) is 10.3 Å². The summed E-state index contributed by atoms with van der Waals surface area (Å²) in [5.41, 5.74) is 2.24. The van der Waals surface area contributed by atoms with E-state index < -0.39 is 0 Å². The maximum Gasteiger partial charge on any atom is 0.228 e. The van der Waals surface area contributed by atoms with E-state index in [9.17, 15) is 4.79 Å². The molecule has 1 amide bonds. The predicted molar refractivity (Wildman–Crippen MR) is 97.2 cm³/mol. The highest BCUT2D eigenvalue weighted by Gasteiger charge is 2.10. The van der Waals surface area contributed by atoms with E-state index in [1.54, 1.807) is 12.3 Å². The van der Waals surface area contributed by atoms with E-state index >= 15 is 0 Å². The van der Waals surface area contributed by atoms with E-state index in [1.807, 2.05) is 42.5 Å². The van der Waals surface area contributed by atoms with Gasteiger partial charge in [-0.2, -0.15) is 0 Å². The molecule has 0 bridgehead atoms. The highest BCUT2D eigenvalue weighted by atomic mass is 35.7. The van der Waals surface area contributed by atoms with Crippen LogP contribution < -0.4 is 5.32 Å². The summed E-state index contributed by atoms with van der Waals surface area (Å²) >= 11 is 6.09. The van der Waals surface area contributed by atoms with Crippen molar-refractivity contribution in [1.82, 2.24) is 4.98 Å². The van der Waals surface area contributed by atoms with Gasteiger partial charge in [0.15, 0.2) is 0 Å². The van der Waals surface area contributed by atoms with Crippen molar-refractivity contribution in [1.29, 1.82) is 0 Å². The molecule has 0 spiro atoms. The molecule has 6 heteroatoms. The number of aromatic nitrogens is 1. The van der Waals surface area contributed by atoms with E-state index in [1.165, 1.54) is 0 Å². The Labute approximate surface area is 147 Å². The molecule has 3 aromatic rings. The predicted octanol–water partition coefficient (Wildman–Crippen LogP) is 5.32. The number of halogens is 2. The number of amides is 1. The standard InChI is InChI=1S/C17H12Cl2N2OS/c18-14-6-2-1-4-11(14)8-17(22)21-12-9-15-13(5-3-7-20-15)16(10-12)23-19/h1-7,9-10H,8H2,(H,21,22). The summed E-state index contributed by atoms with van der Waals surface area (Å²) in [6.07, 6.45) is 1.92. The van der Waals surface area contributed by atoms with Gasteiger partial charge in [0.25, 0.3) is 0 Å². The SMILES string of the molecule is O=C(Cc1ccccc1Cl)Nc1cc(SCl)c2cccnc2c1. The second-order valence-corrected chi connectivity index (χ2v) is 6.40. The van der Waals surface area contributed by atoms with Gasteiger partial charge in [0.1, 0.15) is 0 Å². The molecule has 0 saturated heterocycles. The molecule has 3 rings (SSSR count). The average Bonchev–Trinajstić information content (AvgIpc) is 2.56. The topological polar surface area (TPSA) is 42.0 Å². The molecule has 0 unspecified atom stereocenters. The van der Waals surface area contributed by atoms with Crippen molar-refractivity contribution in [3.8, 4) is 0 Å². The minimum absolute atomic E-state index is 0.140. The lowest BCUT2D eigenvalue weighted by molar-refractivity contribution is -0.115. The van der Waals surface area contributed by atoms with Crippen LogP contribution in [0.2, 0.25) is 5.02 Å². The van der Waals surface area contributed by atoms with E-state index in [-0.39, 0.29) is 12.3 Å². The first-order valence-electron chi connectivity index (χ1n) is 6.88. The molecule has 0 atom stereocenters. The number of carbonyl (C=O) groups is 1. The summed E-state index contributed by atoms with van der Waals surface area (Å²) in [6.45, 7) is 0. The number of carbonyl (C=O) groups excluding carboxylic acids is 1. The monoisotopic (exact) mass is 362 g/mol. The zero-order valence-electron chi connectivity index (χ0n) is 11.9. The zero-order chi connectivity index (χ0) is 16.2. The van der Waals surface area contributed by atoms with Gasteiger partial charge in [-0.25, -0.2) is 0 Å². The van der Waals surface area contributed by atoms with Crippen LogP contribution in [0.25, 0.3) is 10.9 Å². The largest absolute Gasteiger partial charge is 0.326 e. The Balaban J connectivity index is 1.84. The van der Waals surface area contributed by atoms with Crippen molar-refractivity contribution in [3.63, 3.8) is 0 Å². The van der Waals surface area contributed by atoms with Gasteiger partial charge in [-0.1, -0.05) is 35.9 Å². The highest BCUT2D eigenvalue weighted by Crippen LogP contribution is 2.32. The fourth-order valence-corrected chi connectivity index (χ4v) is 3.32. The Morgan fingerprint density at radius 2 is 2.00 bits per heavy atom. The van der Waals surface area contributed by atoms with E-state index in [0.717, 1.165) is 32.3 Å². The molecule has 0 radical (unpaired) electrons. The van der Waals surface area contributed by atoms with Gasteiger partial charge in [0.05, 0.1) is 11.9 Å². The van der Waals surface area contributed by atoms with Gasteiger partial charge in [0, 0.05) is 27.2 Å². The molecular weight excluding hydrogens is 351 g/mol. The number of anilines is 1. The molecule has 1 aromatic heterocycles. The molecule has 1 heterocycles. The number of benzene rings is 2. The Morgan fingerprint density at radius 3 is 2.78 bits per heavy atom. The third-order valence-corrected chi connectivity index (χ3v) is 4.73. The van der Waals surface area contributed by atoms with Gasteiger partial charge >= 0.3 is 0 Å². The van der Waals surface area contributed by atoms with Crippen molar-refractivity contribution in [2.24, 2.45) is 0 Å². The summed E-state index contributed by atoms with van der Waals surface area (Å²) in [6, 6.07) is 14.8. The number of nitrogens with one attached hydrogen (secondary N) is 1. The van der Waals surface area contributed by atoms with Crippen molar-refractivity contribution in [3.05, 3.63) is 65.3 Å². The molecule has 116 valence electrons. The average molecular weight is 363 g/mol. The Morgan fingerprint density at radius 1 is 1.17 bits per heavy atom.